The first-order valence-corrected chi connectivity index (χ1v) is 6.83. The molecule has 0 spiro atoms. The van der Waals surface area contributed by atoms with Gasteiger partial charge < -0.3 is 5.73 Å². The number of hydrogen-bond acceptors (Lipinski definition) is 1. The van der Waals surface area contributed by atoms with Crippen molar-refractivity contribution in [1.82, 2.24) is 0 Å². The highest BCUT2D eigenvalue weighted by atomic mass is 14.7. The van der Waals surface area contributed by atoms with Crippen LogP contribution in [0.1, 0.15) is 72.1 Å². The van der Waals surface area contributed by atoms with E-state index in [-0.39, 0.29) is 0 Å². The molecule has 15 heavy (non-hydrogen) atoms. The second kappa shape index (κ2) is 5.89. The first kappa shape index (κ1) is 13.0. The van der Waals surface area contributed by atoms with Crippen molar-refractivity contribution in [3.8, 4) is 0 Å². The van der Waals surface area contributed by atoms with Crippen LogP contribution in [0, 0.1) is 11.3 Å². The summed E-state index contributed by atoms with van der Waals surface area (Å²) in [6.07, 6.45) is 11.0. The van der Waals surface area contributed by atoms with Crippen LogP contribution in [0.3, 0.4) is 0 Å². The van der Waals surface area contributed by atoms with Crippen LogP contribution in [-0.4, -0.2) is 6.04 Å². The summed E-state index contributed by atoms with van der Waals surface area (Å²) < 4.78 is 0. The zero-order valence-electron chi connectivity index (χ0n) is 10.9. The van der Waals surface area contributed by atoms with Crippen molar-refractivity contribution in [2.45, 2.75) is 78.2 Å². The maximum absolute atomic E-state index is 5.94. The Kier molecular flexibility index (Phi) is 5.11. The third-order valence-electron chi connectivity index (χ3n) is 3.91. The van der Waals surface area contributed by atoms with Gasteiger partial charge in [-0.25, -0.2) is 0 Å². The summed E-state index contributed by atoms with van der Waals surface area (Å²) >= 11 is 0. The number of hydrogen-bond donors (Lipinski definition) is 1. The van der Waals surface area contributed by atoms with Gasteiger partial charge in [0, 0.05) is 6.04 Å². The first-order chi connectivity index (χ1) is 7.08. The Balaban J connectivity index is 2.16. The third-order valence-corrected chi connectivity index (χ3v) is 3.91. The molecular formula is C14H29N. The molecule has 0 amide bonds. The highest BCUT2D eigenvalue weighted by Crippen LogP contribution is 2.48. The van der Waals surface area contributed by atoms with Gasteiger partial charge in [-0.05, 0) is 37.0 Å². The van der Waals surface area contributed by atoms with Crippen LogP contribution in [0.5, 0.6) is 0 Å². The van der Waals surface area contributed by atoms with Crippen LogP contribution in [0.4, 0.5) is 0 Å². The fraction of sp³-hybridized carbons (Fsp3) is 1.00. The van der Waals surface area contributed by atoms with Gasteiger partial charge in [0.15, 0.2) is 0 Å². The standard InChI is InChI=1S/C14H29N/c1-4-8-14(10-13(15)11-14)9-6-5-7-12(2)3/h12-13H,4-11,15H2,1-3H3. The Bertz CT molecular complexity index is 163. The maximum Gasteiger partial charge on any atom is 0.00494 e. The van der Waals surface area contributed by atoms with Crippen LogP contribution in [0.2, 0.25) is 0 Å². The number of rotatable bonds is 7. The Labute approximate surface area is 95.8 Å². The zero-order valence-corrected chi connectivity index (χ0v) is 10.9. The minimum Gasteiger partial charge on any atom is -0.328 e. The lowest BCUT2D eigenvalue weighted by atomic mass is 9.61. The van der Waals surface area contributed by atoms with E-state index >= 15 is 0 Å². The van der Waals surface area contributed by atoms with E-state index in [1.807, 2.05) is 0 Å². The van der Waals surface area contributed by atoms with Gasteiger partial charge in [-0.15, -0.1) is 0 Å². The lowest BCUT2D eigenvalue weighted by Gasteiger charge is -2.47. The monoisotopic (exact) mass is 211 g/mol. The molecule has 0 radical (unpaired) electrons. The van der Waals surface area contributed by atoms with Crippen molar-refractivity contribution >= 4 is 0 Å². The van der Waals surface area contributed by atoms with Crippen LogP contribution in [0.25, 0.3) is 0 Å². The molecular weight excluding hydrogens is 182 g/mol. The highest BCUT2D eigenvalue weighted by Gasteiger charge is 2.40. The second-order valence-electron chi connectivity index (χ2n) is 6.06. The summed E-state index contributed by atoms with van der Waals surface area (Å²) in [5.41, 5.74) is 6.59. The number of nitrogens with two attached hydrogens (primary N) is 1. The molecule has 0 aromatic heterocycles. The molecule has 1 saturated carbocycles. The van der Waals surface area contributed by atoms with E-state index in [1.54, 1.807) is 0 Å². The summed E-state index contributed by atoms with van der Waals surface area (Å²) in [6, 6.07) is 0.515. The molecule has 0 aliphatic heterocycles. The predicted molar refractivity (Wildman–Crippen MR) is 67.9 cm³/mol. The largest absolute Gasteiger partial charge is 0.328 e. The minimum atomic E-state index is 0.515. The van der Waals surface area contributed by atoms with Crippen molar-refractivity contribution in [2.75, 3.05) is 0 Å². The minimum absolute atomic E-state index is 0.515. The molecule has 0 bridgehead atoms. The predicted octanol–water partition coefficient (Wildman–Crippen LogP) is 4.11. The topological polar surface area (TPSA) is 26.0 Å². The molecule has 1 nitrogen and oxygen atoms in total. The molecule has 0 saturated heterocycles. The normalized spacial score (nSPS) is 30.6. The average Bonchev–Trinajstić information content (AvgIpc) is 2.10. The van der Waals surface area contributed by atoms with Gasteiger partial charge >= 0.3 is 0 Å². The van der Waals surface area contributed by atoms with Crippen LogP contribution >= 0.6 is 0 Å². The molecule has 1 aliphatic carbocycles. The summed E-state index contributed by atoms with van der Waals surface area (Å²) in [6.45, 7) is 6.95. The average molecular weight is 211 g/mol. The van der Waals surface area contributed by atoms with Gasteiger partial charge in [-0.2, -0.15) is 0 Å². The summed E-state index contributed by atoms with van der Waals surface area (Å²) in [7, 11) is 0. The quantitative estimate of drug-likeness (QED) is 0.630. The number of unbranched alkanes of at least 4 members (excludes halogenated alkanes) is 1. The Morgan fingerprint density at radius 3 is 2.33 bits per heavy atom. The first-order valence-electron chi connectivity index (χ1n) is 6.83. The molecule has 0 atom stereocenters. The van der Waals surface area contributed by atoms with Crippen molar-refractivity contribution < 1.29 is 0 Å². The summed E-state index contributed by atoms with van der Waals surface area (Å²) in [4.78, 5) is 0. The summed E-state index contributed by atoms with van der Waals surface area (Å²) in [5, 5.41) is 0. The molecule has 1 rings (SSSR count). The Morgan fingerprint density at radius 2 is 1.87 bits per heavy atom. The molecule has 0 aromatic rings. The van der Waals surface area contributed by atoms with E-state index in [4.69, 9.17) is 5.73 Å². The van der Waals surface area contributed by atoms with Gasteiger partial charge in [-0.3, -0.25) is 0 Å². The SMILES string of the molecule is CCCC1(CCCCC(C)C)CC(N)C1. The van der Waals surface area contributed by atoms with Crippen LogP contribution in [0.15, 0.2) is 0 Å². The van der Waals surface area contributed by atoms with E-state index in [2.05, 4.69) is 20.8 Å². The molecule has 1 aliphatic rings. The molecule has 2 N–H and O–H groups in total. The van der Waals surface area contributed by atoms with E-state index in [0.29, 0.717) is 11.5 Å². The Hall–Kier alpha value is -0.0400. The molecule has 0 aromatic carbocycles. The lowest BCUT2D eigenvalue weighted by Crippen LogP contribution is -2.45. The van der Waals surface area contributed by atoms with Crippen molar-refractivity contribution in [3.05, 3.63) is 0 Å². The van der Waals surface area contributed by atoms with Gasteiger partial charge in [0.2, 0.25) is 0 Å². The van der Waals surface area contributed by atoms with E-state index in [9.17, 15) is 0 Å². The fourth-order valence-electron chi connectivity index (χ4n) is 3.17. The van der Waals surface area contributed by atoms with Crippen LogP contribution in [-0.2, 0) is 0 Å². The van der Waals surface area contributed by atoms with Crippen LogP contribution < -0.4 is 5.73 Å². The van der Waals surface area contributed by atoms with Gasteiger partial charge in [0.25, 0.3) is 0 Å². The van der Waals surface area contributed by atoms with Gasteiger partial charge in [0.05, 0.1) is 0 Å². The van der Waals surface area contributed by atoms with E-state index in [1.165, 1.54) is 51.4 Å². The van der Waals surface area contributed by atoms with Crippen molar-refractivity contribution in [2.24, 2.45) is 17.1 Å². The van der Waals surface area contributed by atoms with Crippen molar-refractivity contribution in [1.29, 1.82) is 0 Å². The fourth-order valence-corrected chi connectivity index (χ4v) is 3.17. The smallest absolute Gasteiger partial charge is 0.00494 e. The molecule has 1 heteroatoms. The van der Waals surface area contributed by atoms with Gasteiger partial charge in [-0.1, -0.05) is 46.5 Å². The molecule has 0 unspecified atom stereocenters. The molecule has 90 valence electrons. The zero-order chi connectivity index (χ0) is 11.3. The molecule has 0 heterocycles. The summed E-state index contributed by atoms with van der Waals surface area (Å²) in [5.74, 6) is 0.871. The maximum atomic E-state index is 5.94. The lowest BCUT2D eigenvalue weighted by molar-refractivity contribution is 0.0755. The van der Waals surface area contributed by atoms with E-state index < -0.39 is 0 Å². The second-order valence-corrected chi connectivity index (χ2v) is 6.06. The Morgan fingerprint density at radius 1 is 1.20 bits per heavy atom. The van der Waals surface area contributed by atoms with E-state index in [0.717, 1.165) is 5.92 Å². The van der Waals surface area contributed by atoms with Crippen molar-refractivity contribution in [3.63, 3.8) is 0 Å². The highest BCUT2D eigenvalue weighted by molar-refractivity contribution is 4.95. The molecule has 1 fully saturated rings. The van der Waals surface area contributed by atoms with Gasteiger partial charge in [0.1, 0.15) is 0 Å². The third kappa shape index (κ3) is 4.14.